The van der Waals surface area contributed by atoms with Gasteiger partial charge >= 0.3 is 10.4 Å². The van der Waals surface area contributed by atoms with Crippen molar-refractivity contribution in [1.82, 2.24) is 0 Å². The zero-order valence-electron chi connectivity index (χ0n) is 11.1. The van der Waals surface area contributed by atoms with E-state index in [9.17, 15) is 23.4 Å². The van der Waals surface area contributed by atoms with Gasteiger partial charge in [-0.05, 0) is 12.1 Å². The summed E-state index contributed by atoms with van der Waals surface area (Å²) in [5.41, 5.74) is 0. The second-order valence-electron chi connectivity index (χ2n) is 4.48. The molecule has 0 spiro atoms. The molecule has 0 aliphatic carbocycles. The molecular weight excluding hydrogens is 320 g/mol. The van der Waals surface area contributed by atoms with Crippen LogP contribution in [0.25, 0.3) is 0 Å². The van der Waals surface area contributed by atoms with Gasteiger partial charge in [-0.2, -0.15) is 8.42 Å². The summed E-state index contributed by atoms with van der Waals surface area (Å²) >= 11 is 0. The van der Waals surface area contributed by atoms with Crippen LogP contribution in [0, 0.1) is 0 Å². The number of carbonyl (C=O) groups is 1. The van der Waals surface area contributed by atoms with Crippen LogP contribution in [0.2, 0.25) is 0 Å². The monoisotopic (exact) mass is 334 g/mol. The Labute approximate surface area is 126 Å². The van der Waals surface area contributed by atoms with Crippen LogP contribution in [0.1, 0.15) is 0 Å². The van der Waals surface area contributed by atoms with Gasteiger partial charge in [-0.1, -0.05) is 18.2 Å². The maximum absolute atomic E-state index is 11.7. The van der Waals surface area contributed by atoms with Crippen LogP contribution in [0.3, 0.4) is 0 Å². The zero-order chi connectivity index (χ0) is 16.3. The summed E-state index contributed by atoms with van der Waals surface area (Å²) in [4.78, 5) is 11.7. The largest absolute Gasteiger partial charge is 0.462 e. The Morgan fingerprint density at radius 1 is 1.14 bits per heavy atom. The SMILES string of the molecule is O=C1[C@@H](O)[C@H](Oc2ccccc2)O[C@H](COS(=O)(=O)O)[C@H]1O. The molecule has 1 aliphatic heterocycles. The van der Waals surface area contributed by atoms with Crippen molar-refractivity contribution in [3.8, 4) is 5.75 Å². The van der Waals surface area contributed by atoms with E-state index < -0.39 is 47.4 Å². The Balaban J connectivity index is 2.08. The lowest BCUT2D eigenvalue weighted by Gasteiger charge is -2.35. The maximum Gasteiger partial charge on any atom is 0.397 e. The van der Waals surface area contributed by atoms with Crippen molar-refractivity contribution in [2.24, 2.45) is 0 Å². The first kappa shape index (κ1) is 16.8. The number of hydrogen-bond donors (Lipinski definition) is 3. The molecule has 1 heterocycles. The van der Waals surface area contributed by atoms with Gasteiger partial charge in [0.1, 0.15) is 18.0 Å². The van der Waals surface area contributed by atoms with E-state index in [-0.39, 0.29) is 0 Å². The van der Waals surface area contributed by atoms with Gasteiger partial charge in [-0.3, -0.25) is 9.35 Å². The summed E-state index contributed by atoms with van der Waals surface area (Å²) in [5.74, 6) is -0.707. The molecule has 0 bridgehead atoms. The van der Waals surface area contributed by atoms with Crippen molar-refractivity contribution in [2.45, 2.75) is 24.6 Å². The van der Waals surface area contributed by atoms with Gasteiger partial charge in [0.25, 0.3) is 0 Å². The van der Waals surface area contributed by atoms with Gasteiger partial charge in [-0.15, -0.1) is 0 Å². The highest BCUT2D eigenvalue weighted by Crippen LogP contribution is 2.22. The number of ether oxygens (including phenoxy) is 2. The first-order chi connectivity index (χ1) is 10.3. The summed E-state index contributed by atoms with van der Waals surface area (Å²) < 4.78 is 44.0. The van der Waals surface area contributed by atoms with Crippen LogP contribution in [0.15, 0.2) is 30.3 Å². The molecule has 4 atom stereocenters. The molecule has 1 aromatic rings. The second-order valence-corrected chi connectivity index (χ2v) is 5.57. The zero-order valence-corrected chi connectivity index (χ0v) is 11.9. The molecular formula is C12H14O9S. The molecule has 1 aromatic carbocycles. The van der Waals surface area contributed by atoms with E-state index >= 15 is 0 Å². The Bertz CT molecular complexity index is 615. The minimum absolute atomic E-state index is 0.296. The van der Waals surface area contributed by atoms with Crippen molar-refractivity contribution in [3.05, 3.63) is 30.3 Å². The first-order valence-electron chi connectivity index (χ1n) is 6.17. The molecule has 1 fully saturated rings. The fourth-order valence-corrected chi connectivity index (χ4v) is 2.13. The second kappa shape index (κ2) is 6.69. The molecule has 22 heavy (non-hydrogen) atoms. The minimum atomic E-state index is -4.76. The smallest absolute Gasteiger partial charge is 0.397 e. The van der Waals surface area contributed by atoms with Crippen LogP contribution in [0.4, 0.5) is 0 Å². The van der Waals surface area contributed by atoms with Gasteiger partial charge in [0.2, 0.25) is 6.29 Å². The first-order valence-corrected chi connectivity index (χ1v) is 7.53. The molecule has 0 unspecified atom stereocenters. The van der Waals surface area contributed by atoms with E-state index in [0.29, 0.717) is 5.75 Å². The number of aliphatic hydroxyl groups excluding tert-OH is 2. The average Bonchev–Trinajstić information content (AvgIpc) is 2.47. The Morgan fingerprint density at radius 2 is 1.77 bits per heavy atom. The van der Waals surface area contributed by atoms with Gasteiger partial charge in [0.05, 0.1) is 6.61 Å². The quantitative estimate of drug-likeness (QED) is 0.572. The molecule has 0 aromatic heterocycles. The van der Waals surface area contributed by atoms with E-state index in [2.05, 4.69) is 4.18 Å². The molecule has 9 nitrogen and oxygen atoms in total. The summed E-state index contributed by atoms with van der Waals surface area (Å²) in [6.07, 6.45) is -6.44. The van der Waals surface area contributed by atoms with Crippen LogP contribution >= 0.6 is 0 Å². The molecule has 1 saturated heterocycles. The third-order valence-electron chi connectivity index (χ3n) is 2.88. The number of benzene rings is 1. The van der Waals surface area contributed by atoms with Gasteiger partial charge in [0.15, 0.2) is 11.9 Å². The molecule has 2 rings (SSSR count). The molecule has 10 heteroatoms. The molecule has 1 aliphatic rings. The lowest BCUT2D eigenvalue weighted by molar-refractivity contribution is -0.228. The van der Waals surface area contributed by atoms with Crippen LogP contribution in [-0.2, 0) is 24.1 Å². The predicted molar refractivity (Wildman–Crippen MR) is 70.3 cm³/mol. The lowest BCUT2D eigenvalue weighted by Crippen LogP contribution is -2.58. The Kier molecular flexibility index (Phi) is 5.11. The molecule has 122 valence electrons. The number of carbonyl (C=O) groups excluding carboxylic acids is 1. The topological polar surface area (TPSA) is 140 Å². The number of rotatable bonds is 5. The van der Waals surface area contributed by atoms with Crippen LogP contribution in [0.5, 0.6) is 5.75 Å². The summed E-state index contributed by atoms with van der Waals surface area (Å²) in [6, 6.07) is 8.13. The van der Waals surface area contributed by atoms with Crippen molar-refractivity contribution in [2.75, 3.05) is 6.61 Å². The van der Waals surface area contributed by atoms with E-state index in [0.717, 1.165) is 0 Å². The van der Waals surface area contributed by atoms with Crippen molar-refractivity contribution < 1.29 is 41.6 Å². The number of aliphatic hydroxyl groups is 2. The number of Topliss-reactive ketones (excluding diaryl/α,β-unsaturated/α-hetero) is 1. The van der Waals surface area contributed by atoms with Crippen molar-refractivity contribution >= 4 is 16.2 Å². The normalized spacial score (nSPS) is 29.3. The number of para-hydroxylation sites is 1. The highest BCUT2D eigenvalue weighted by Gasteiger charge is 2.45. The predicted octanol–water partition coefficient (Wildman–Crippen LogP) is -1.10. The number of ketones is 1. The molecule has 0 radical (unpaired) electrons. The van der Waals surface area contributed by atoms with Crippen LogP contribution in [-0.4, -0.2) is 60.2 Å². The van der Waals surface area contributed by atoms with E-state index in [1.54, 1.807) is 30.3 Å². The fourth-order valence-electron chi connectivity index (χ4n) is 1.82. The third-order valence-corrected chi connectivity index (χ3v) is 3.31. The highest BCUT2D eigenvalue weighted by atomic mass is 32.3. The summed E-state index contributed by atoms with van der Waals surface area (Å²) in [7, 11) is -4.76. The third kappa shape index (κ3) is 4.22. The fraction of sp³-hybridized carbons (Fsp3) is 0.417. The van der Waals surface area contributed by atoms with E-state index in [4.69, 9.17) is 14.0 Å². The standard InChI is InChI=1S/C12H14O9S/c13-9-8(6-19-22(16,17)18)21-12(11(15)10(9)14)20-7-4-2-1-3-5-7/h1-5,8-9,11-13,15H,6H2,(H,16,17,18)/t8-,9-,11-,12-/m1/s1. The maximum atomic E-state index is 11.7. The highest BCUT2D eigenvalue weighted by molar-refractivity contribution is 7.80. The van der Waals surface area contributed by atoms with Crippen molar-refractivity contribution in [1.29, 1.82) is 0 Å². The summed E-state index contributed by atoms with van der Waals surface area (Å²) in [6.45, 7) is -0.812. The van der Waals surface area contributed by atoms with Gasteiger partial charge < -0.3 is 19.7 Å². The van der Waals surface area contributed by atoms with Gasteiger partial charge in [0, 0.05) is 0 Å². The van der Waals surface area contributed by atoms with Crippen molar-refractivity contribution in [3.63, 3.8) is 0 Å². The molecule has 3 N–H and O–H groups in total. The van der Waals surface area contributed by atoms with E-state index in [1.807, 2.05) is 0 Å². The minimum Gasteiger partial charge on any atom is -0.462 e. The Morgan fingerprint density at radius 3 is 2.36 bits per heavy atom. The summed E-state index contributed by atoms with van der Waals surface area (Å²) in [5, 5.41) is 19.4. The Hall–Kier alpha value is -1.56. The molecule has 0 saturated carbocycles. The molecule has 0 amide bonds. The lowest BCUT2D eigenvalue weighted by atomic mass is 10.0. The van der Waals surface area contributed by atoms with Crippen LogP contribution < -0.4 is 4.74 Å². The average molecular weight is 334 g/mol. The van der Waals surface area contributed by atoms with E-state index in [1.165, 1.54) is 0 Å². The van der Waals surface area contributed by atoms with Gasteiger partial charge in [-0.25, -0.2) is 4.18 Å². The number of hydrogen-bond acceptors (Lipinski definition) is 8.